The fourth-order valence-corrected chi connectivity index (χ4v) is 1.64. The Hall–Kier alpha value is -0.660. The first-order chi connectivity index (χ1) is 6.91. The molecule has 88 valence electrons. The largest absolute Gasteiger partial charge is 0.299 e. The van der Waals surface area contributed by atoms with Crippen LogP contribution < -0.4 is 0 Å². The summed E-state index contributed by atoms with van der Waals surface area (Å²) < 4.78 is 0. The Kier molecular flexibility index (Phi) is 6.46. The monoisotopic (exact) mass is 212 g/mol. The van der Waals surface area contributed by atoms with Gasteiger partial charge in [-0.25, -0.2) is 0 Å². The van der Waals surface area contributed by atoms with Crippen molar-refractivity contribution in [1.29, 1.82) is 0 Å². The molecule has 0 N–H and O–H groups in total. The number of carbonyl (C=O) groups excluding carboxylic acids is 2. The molecule has 0 rings (SSSR count). The molecule has 0 fully saturated rings. The lowest BCUT2D eigenvalue weighted by molar-refractivity contribution is -0.136. The van der Waals surface area contributed by atoms with E-state index in [9.17, 15) is 9.59 Å². The van der Waals surface area contributed by atoms with Crippen molar-refractivity contribution in [2.75, 3.05) is 0 Å². The highest BCUT2D eigenvalue weighted by Gasteiger charge is 2.28. The smallest absolute Gasteiger partial charge is 0.145 e. The topological polar surface area (TPSA) is 34.1 Å². The van der Waals surface area contributed by atoms with Crippen molar-refractivity contribution in [2.45, 2.75) is 53.9 Å². The molecule has 0 spiro atoms. The second-order valence-electron chi connectivity index (χ2n) is 4.81. The average Bonchev–Trinajstić information content (AvgIpc) is 2.17. The number of ketones is 2. The van der Waals surface area contributed by atoms with Gasteiger partial charge in [0.15, 0.2) is 0 Å². The Morgan fingerprint density at radius 1 is 0.933 bits per heavy atom. The van der Waals surface area contributed by atoms with Crippen LogP contribution in [0.1, 0.15) is 53.9 Å². The molecule has 0 aliphatic heterocycles. The van der Waals surface area contributed by atoms with E-state index in [0.29, 0.717) is 0 Å². The van der Waals surface area contributed by atoms with Gasteiger partial charge < -0.3 is 0 Å². The summed E-state index contributed by atoms with van der Waals surface area (Å²) in [4.78, 5) is 23.7. The highest BCUT2D eigenvalue weighted by molar-refractivity contribution is 6.03. The molecule has 0 unspecified atom stereocenters. The number of hydrogen-bond donors (Lipinski definition) is 0. The van der Waals surface area contributed by atoms with Crippen molar-refractivity contribution in [3.63, 3.8) is 0 Å². The molecule has 2 nitrogen and oxygen atoms in total. The zero-order valence-corrected chi connectivity index (χ0v) is 10.7. The maximum atomic E-state index is 11.9. The third-order valence-electron chi connectivity index (χ3n) is 2.67. The van der Waals surface area contributed by atoms with Gasteiger partial charge in [-0.2, -0.15) is 0 Å². The summed E-state index contributed by atoms with van der Waals surface area (Å²) in [6, 6.07) is 0. The van der Waals surface area contributed by atoms with Gasteiger partial charge in [-0.3, -0.25) is 9.59 Å². The maximum Gasteiger partial charge on any atom is 0.145 e. The average molecular weight is 212 g/mol. The first-order valence-corrected chi connectivity index (χ1v) is 5.99. The zero-order valence-electron chi connectivity index (χ0n) is 10.7. The molecule has 0 amide bonds. The van der Waals surface area contributed by atoms with E-state index in [1.807, 2.05) is 27.7 Å². The van der Waals surface area contributed by atoms with E-state index in [-0.39, 0.29) is 29.3 Å². The predicted molar refractivity (Wildman–Crippen MR) is 62.7 cm³/mol. The zero-order chi connectivity index (χ0) is 12.0. The number of unbranched alkanes of at least 4 members (excludes halogenated alkanes) is 1. The van der Waals surface area contributed by atoms with Crippen LogP contribution in [0, 0.1) is 17.8 Å². The number of Topliss-reactive ketones (excluding diaryl/α,β-unsaturated/α-hetero) is 2. The van der Waals surface area contributed by atoms with Gasteiger partial charge in [-0.05, 0) is 6.42 Å². The van der Waals surface area contributed by atoms with Crippen molar-refractivity contribution in [2.24, 2.45) is 17.8 Å². The van der Waals surface area contributed by atoms with Crippen molar-refractivity contribution < 1.29 is 9.59 Å². The van der Waals surface area contributed by atoms with Gasteiger partial charge in [0, 0.05) is 11.8 Å². The molecule has 15 heavy (non-hydrogen) atoms. The molecular formula is C13H24O2. The number of carbonyl (C=O) groups is 2. The summed E-state index contributed by atoms with van der Waals surface area (Å²) in [6.07, 6.45) is 2.72. The number of rotatable bonds is 7. The van der Waals surface area contributed by atoms with Crippen LogP contribution in [0.5, 0.6) is 0 Å². The fourth-order valence-electron chi connectivity index (χ4n) is 1.64. The van der Waals surface area contributed by atoms with Crippen LogP contribution in [0.3, 0.4) is 0 Å². The third kappa shape index (κ3) is 4.59. The highest BCUT2D eigenvalue weighted by Crippen LogP contribution is 2.19. The maximum absolute atomic E-state index is 11.9. The first kappa shape index (κ1) is 14.3. The van der Waals surface area contributed by atoms with E-state index in [0.717, 1.165) is 19.3 Å². The Morgan fingerprint density at radius 2 is 1.33 bits per heavy atom. The third-order valence-corrected chi connectivity index (χ3v) is 2.67. The van der Waals surface area contributed by atoms with Crippen LogP contribution in [0.4, 0.5) is 0 Å². The van der Waals surface area contributed by atoms with Gasteiger partial charge in [-0.15, -0.1) is 0 Å². The molecule has 0 heterocycles. The first-order valence-electron chi connectivity index (χ1n) is 5.99. The van der Waals surface area contributed by atoms with E-state index in [1.54, 1.807) is 0 Å². The molecular weight excluding hydrogens is 188 g/mol. The summed E-state index contributed by atoms with van der Waals surface area (Å²) in [6.45, 7) is 9.56. The summed E-state index contributed by atoms with van der Waals surface area (Å²) in [5, 5.41) is 0. The lowest BCUT2D eigenvalue weighted by atomic mass is 9.83. The quantitative estimate of drug-likeness (QED) is 0.607. The molecule has 0 atom stereocenters. The number of hydrogen-bond acceptors (Lipinski definition) is 2. The lowest BCUT2D eigenvalue weighted by Crippen LogP contribution is -2.30. The van der Waals surface area contributed by atoms with Gasteiger partial charge in [0.2, 0.25) is 0 Å². The van der Waals surface area contributed by atoms with Gasteiger partial charge in [0.05, 0.1) is 5.92 Å². The Labute approximate surface area is 93.4 Å². The van der Waals surface area contributed by atoms with E-state index >= 15 is 0 Å². The molecule has 0 aromatic rings. The lowest BCUT2D eigenvalue weighted by Gasteiger charge is -2.18. The van der Waals surface area contributed by atoms with Crippen molar-refractivity contribution in [1.82, 2.24) is 0 Å². The van der Waals surface area contributed by atoms with E-state index < -0.39 is 0 Å². The Morgan fingerprint density at radius 3 is 1.60 bits per heavy atom. The Balaban J connectivity index is 4.57. The molecule has 0 saturated carbocycles. The molecule has 0 bridgehead atoms. The second-order valence-corrected chi connectivity index (χ2v) is 4.81. The normalized spacial score (nSPS) is 11.5. The predicted octanol–water partition coefficient (Wildman–Crippen LogP) is 3.24. The SMILES string of the molecule is CCCCC(C(=O)C(C)C)C(=O)C(C)C. The van der Waals surface area contributed by atoms with Gasteiger partial charge in [-0.1, -0.05) is 47.5 Å². The minimum Gasteiger partial charge on any atom is -0.299 e. The standard InChI is InChI=1S/C13H24O2/c1-6-7-8-11(12(14)9(2)3)13(15)10(4)5/h9-11H,6-8H2,1-5H3. The Bertz CT molecular complexity index is 197. The summed E-state index contributed by atoms with van der Waals surface area (Å²) >= 11 is 0. The van der Waals surface area contributed by atoms with E-state index in [1.165, 1.54) is 0 Å². The van der Waals surface area contributed by atoms with Crippen LogP contribution in [-0.4, -0.2) is 11.6 Å². The van der Waals surface area contributed by atoms with Crippen LogP contribution in [0.2, 0.25) is 0 Å². The molecule has 2 heteroatoms. The molecule has 0 aliphatic carbocycles. The van der Waals surface area contributed by atoms with E-state index in [2.05, 4.69) is 6.92 Å². The van der Waals surface area contributed by atoms with Gasteiger partial charge in [0.1, 0.15) is 11.6 Å². The van der Waals surface area contributed by atoms with Crippen LogP contribution in [0.25, 0.3) is 0 Å². The van der Waals surface area contributed by atoms with E-state index in [4.69, 9.17) is 0 Å². The summed E-state index contributed by atoms with van der Waals surface area (Å²) in [5.74, 6) is -0.196. The minimum absolute atomic E-state index is 0.0328. The molecule has 0 aliphatic rings. The van der Waals surface area contributed by atoms with Crippen molar-refractivity contribution in [3.8, 4) is 0 Å². The molecule has 0 radical (unpaired) electrons. The second kappa shape index (κ2) is 6.76. The molecule has 0 aromatic carbocycles. The van der Waals surface area contributed by atoms with Crippen LogP contribution in [0.15, 0.2) is 0 Å². The summed E-state index contributed by atoms with van der Waals surface area (Å²) in [5.41, 5.74) is 0. The molecule has 0 saturated heterocycles. The highest BCUT2D eigenvalue weighted by atomic mass is 16.2. The van der Waals surface area contributed by atoms with Gasteiger partial charge >= 0.3 is 0 Å². The van der Waals surface area contributed by atoms with Crippen molar-refractivity contribution in [3.05, 3.63) is 0 Å². The molecule has 0 aromatic heterocycles. The van der Waals surface area contributed by atoms with Gasteiger partial charge in [0.25, 0.3) is 0 Å². The minimum atomic E-state index is -0.357. The van der Waals surface area contributed by atoms with Crippen LogP contribution >= 0.6 is 0 Å². The van der Waals surface area contributed by atoms with Crippen molar-refractivity contribution >= 4 is 11.6 Å². The van der Waals surface area contributed by atoms with Crippen LogP contribution in [-0.2, 0) is 9.59 Å². The fraction of sp³-hybridized carbons (Fsp3) is 0.846. The summed E-state index contributed by atoms with van der Waals surface area (Å²) in [7, 11) is 0.